The summed E-state index contributed by atoms with van der Waals surface area (Å²) in [6.07, 6.45) is 10.6. The first-order chi connectivity index (χ1) is 18.6. The minimum atomic E-state index is -0.256. The lowest BCUT2D eigenvalue weighted by molar-refractivity contribution is 0.102. The number of benzene rings is 1. The summed E-state index contributed by atoms with van der Waals surface area (Å²) < 4.78 is 0. The molecular formula is C30H35N7O. The average Bonchev–Trinajstić information content (AvgIpc) is 3.61. The van der Waals surface area contributed by atoms with Crippen LogP contribution in [0.4, 0.5) is 5.69 Å². The van der Waals surface area contributed by atoms with E-state index in [0.717, 1.165) is 72.9 Å². The molecule has 196 valence electrons. The molecule has 8 heteroatoms. The number of rotatable bonds is 7. The third kappa shape index (κ3) is 5.61. The second-order valence-electron chi connectivity index (χ2n) is 10.8. The van der Waals surface area contributed by atoms with Crippen molar-refractivity contribution >= 4 is 22.5 Å². The van der Waals surface area contributed by atoms with Crippen LogP contribution in [0.15, 0.2) is 55.0 Å². The van der Waals surface area contributed by atoms with E-state index in [0.29, 0.717) is 11.4 Å². The lowest BCUT2D eigenvalue weighted by Gasteiger charge is -2.30. The van der Waals surface area contributed by atoms with Crippen molar-refractivity contribution in [3.05, 3.63) is 71.9 Å². The van der Waals surface area contributed by atoms with Crippen LogP contribution in [0.3, 0.4) is 0 Å². The predicted molar refractivity (Wildman–Crippen MR) is 150 cm³/mol. The molecule has 38 heavy (non-hydrogen) atoms. The summed E-state index contributed by atoms with van der Waals surface area (Å²) in [4.78, 5) is 27.1. The van der Waals surface area contributed by atoms with E-state index in [1.165, 1.54) is 31.2 Å². The van der Waals surface area contributed by atoms with Gasteiger partial charge in [0.2, 0.25) is 0 Å². The molecule has 1 amide bonds. The minimum Gasteiger partial charge on any atom is -0.319 e. The Morgan fingerprint density at radius 2 is 1.76 bits per heavy atom. The van der Waals surface area contributed by atoms with Gasteiger partial charge in [0.1, 0.15) is 0 Å². The van der Waals surface area contributed by atoms with Gasteiger partial charge < -0.3 is 5.32 Å². The molecule has 0 atom stereocenters. The van der Waals surface area contributed by atoms with Crippen molar-refractivity contribution in [3.63, 3.8) is 0 Å². The number of aromatic amines is 1. The molecule has 4 aromatic rings. The molecular weight excluding hydrogens is 474 g/mol. The van der Waals surface area contributed by atoms with Gasteiger partial charge in [-0.1, -0.05) is 13.0 Å². The summed E-state index contributed by atoms with van der Waals surface area (Å²) >= 11 is 0. The summed E-state index contributed by atoms with van der Waals surface area (Å²) in [6.45, 7) is 8.65. The van der Waals surface area contributed by atoms with Crippen LogP contribution in [0.5, 0.6) is 0 Å². The average molecular weight is 510 g/mol. The van der Waals surface area contributed by atoms with E-state index >= 15 is 0 Å². The first-order valence-electron chi connectivity index (χ1n) is 13.7. The third-order valence-corrected chi connectivity index (χ3v) is 7.86. The monoisotopic (exact) mass is 509 g/mol. The molecule has 2 saturated heterocycles. The highest BCUT2D eigenvalue weighted by molar-refractivity contribution is 6.11. The highest BCUT2D eigenvalue weighted by Gasteiger charge is 2.18. The zero-order chi connectivity index (χ0) is 25.9. The maximum Gasteiger partial charge on any atom is 0.276 e. The van der Waals surface area contributed by atoms with Crippen molar-refractivity contribution in [1.29, 1.82) is 0 Å². The maximum absolute atomic E-state index is 13.2. The van der Waals surface area contributed by atoms with Crippen LogP contribution in [-0.4, -0.2) is 62.1 Å². The lowest BCUT2D eigenvalue weighted by atomic mass is 9.98. The summed E-state index contributed by atoms with van der Waals surface area (Å²) in [6, 6.07) is 12.2. The molecule has 2 fully saturated rings. The Morgan fingerprint density at radius 3 is 2.55 bits per heavy atom. The van der Waals surface area contributed by atoms with Crippen LogP contribution >= 0.6 is 0 Å². The Kier molecular flexibility index (Phi) is 7.16. The van der Waals surface area contributed by atoms with Crippen molar-refractivity contribution in [3.8, 4) is 11.1 Å². The number of carbonyl (C=O) groups is 1. The van der Waals surface area contributed by atoms with Gasteiger partial charge in [-0.15, -0.1) is 0 Å². The number of nitrogens with zero attached hydrogens (tertiary/aromatic N) is 5. The lowest BCUT2D eigenvalue weighted by Crippen LogP contribution is -2.32. The Balaban J connectivity index is 1.16. The van der Waals surface area contributed by atoms with Crippen LogP contribution < -0.4 is 5.32 Å². The number of carbonyl (C=O) groups excluding carboxylic acids is 1. The van der Waals surface area contributed by atoms with E-state index in [1.807, 2.05) is 36.7 Å². The van der Waals surface area contributed by atoms with E-state index in [9.17, 15) is 4.79 Å². The van der Waals surface area contributed by atoms with E-state index in [2.05, 4.69) is 54.3 Å². The number of H-pyrrole nitrogens is 1. The molecule has 2 aliphatic heterocycles. The number of hydrogen-bond acceptors (Lipinski definition) is 6. The summed E-state index contributed by atoms with van der Waals surface area (Å²) in [5.74, 6) is 0.563. The van der Waals surface area contributed by atoms with Crippen molar-refractivity contribution in [2.45, 2.75) is 45.7 Å². The van der Waals surface area contributed by atoms with Crippen LogP contribution in [0, 0.1) is 5.92 Å². The van der Waals surface area contributed by atoms with Gasteiger partial charge in [0.25, 0.3) is 5.91 Å². The highest BCUT2D eigenvalue weighted by Crippen LogP contribution is 2.27. The number of hydrogen-bond donors (Lipinski definition) is 2. The number of likely N-dealkylation sites (tertiary alicyclic amines) is 2. The number of amides is 1. The SMILES string of the molecule is CC1CCN(Cc2cncc(-c3ccc4[nH]nc(C(=O)Nc5ccc(CN6CCCC6)nc5)c4c3)c2)CC1. The number of pyridine rings is 2. The molecule has 5 heterocycles. The van der Waals surface area contributed by atoms with Gasteiger partial charge in [0.15, 0.2) is 5.69 Å². The first kappa shape index (κ1) is 24.7. The Hall–Kier alpha value is -3.62. The third-order valence-electron chi connectivity index (χ3n) is 7.86. The normalized spacial score (nSPS) is 17.3. The first-order valence-corrected chi connectivity index (χ1v) is 13.7. The van der Waals surface area contributed by atoms with E-state index < -0.39 is 0 Å². The summed E-state index contributed by atoms with van der Waals surface area (Å²) in [7, 11) is 0. The smallest absolute Gasteiger partial charge is 0.276 e. The van der Waals surface area contributed by atoms with Gasteiger partial charge in [0.05, 0.1) is 23.1 Å². The maximum atomic E-state index is 13.2. The molecule has 2 N–H and O–H groups in total. The molecule has 0 aliphatic carbocycles. The van der Waals surface area contributed by atoms with Crippen molar-refractivity contribution in [1.82, 2.24) is 30.0 Å². The van der Waals surface area contributed by atoms with Crippen LogP contribution in [0.25, 0.3) is 22.0 Å². The largest absolute Gasteiger partial charge is 0.319 e. The molecule has 1 aromatic carbocycles. The molecule has 0 spiro atoms. The number of fused-ring (bicyclic) bond motifs is 1. The zero-order valence-electron chi connectivity index (χ0n) is 22.0. The Labute approximate surface area is 223 Å². The van der Waals surface area contributed by atoms with Gasteiger partial charge in [-0.2, -0.15) is 5.10 Å². The van der Waals surface area contributed by atoms with Crippen molar-refractivity contribution in [2.24, 2.45) is 5.92 Å². The van der Waals surface area contributed by atoms with Gasteiger partial charge in [0, 0.05) is 36.4 Å². The van der Waals surface area contributed by atoms with E-state index in [1.54, 1.807) is 6.20 Å². The molecule has 0 bridgehead atoms. The number of piperidine rings is 1. The Morgan fingerprint density at radius 1 is 0.947 bits per heavy atom. The molecule has 0 saturated carbocycles. The minimum absolute atomic E-state index is 0.256. The standard InChI is InChI=1S/C30H35N7O/c1-21-8-12-37(13-9-21)19-22-14-24(17-31-16-22)23-4-7-28-27(15-23)29(35-34-28)30(38)33-25-5-6-26(32-18-25)20-36-10-2-3-11-36/h4-7,14-18,21H,2-3,8-13,19-20H2,1H3,(H,33,38)(H,34,35). The highest BCUT2D eigenvalue weighted by atomic mass is 16.1. The molecule has 0 radical (unpaired) electrons. The second-order valence-corrected chi connectivity index (χ2v) is 10.8. The Bertz CT molecular complexity index is 1400. The van der Waals surface area contributed by atoms with Crippen molar-refractivity contribution < 1.29 is 4.79 Å². The number of nitrogens with one attached hydrogen (secondary N) is 2. The van der Waals surface area contributed by atoms with Crippen LogP contribution in [0.1, 0.15) is 54.4 Å². The van der Waals surface area contributed by atoms with Crippen molar-refractivity contribution in [2.75, 3.05) is 31.5 Å². The predicted octanol–water partition coefficient (Wildman–Crippen LogP) is 5.10. The van der Waals surface area contributed by atoms with Crippen LogP contribution in [-0.2, 0) is 13.1 Å². The van der Waals surface area contributed by atoms with E-state index in [-0.39, 0.29) is 5.91 Å². The van der Waals surface area contributed by atoms with Crippen LogP contribution in [0.2, 0.25) is 0 Å². The molecule has 3 aromatic heterocycles. The number of aromatic nitrogens is 4. The van der Waals surface area contributed by atoms with Gasteiger partial charge in [-0.25, -0.2) is 0 Å². The summed E-state index contributed by atoms with van der Waals surface area (Å²) in [5.41, 5.74) is 6.15. The quantitative estimate of drug-likeness (QED) is 0.360. The topological polar surface area (TPSA) is 90.0 Å². The molecule has 6 rings (SSSR count). The van der Waals surface area contributed by atoms with Gasteiger partial charge >= 0.3 is 0 Å². The molecule has 2 aliphatic rings. The zero-order valence-corrected chi connectivity index (χ0v) is 22.0. The number of anilines is 1. The van der Waals surface area contributed by atoms with Gasteiger partial charge in [-0.3, -0.25) is 29.7 Å². The fraction of sp³-hybridized carbons (Fsp3) is 0.400. The van der Waals surface area contributed by atoms with E-state index in [4.69, 9.17) is 0 Å². The fourth-order valence-corrected chi connectivity index (χ4v) is 5.53. The molecule has 0 unspecified atom stereocenters. The second kappa shape index (κ2) is 11.0. The fourth-order valence-electron chi connectivity index (χ4n) is 5.53. The summed E-state index contributed by atoms with van der Waals surface area (Å²) in [5, 5.41) is 11.1. The molecule has 8 nitrogen and oxygen atoms in total. The van der Waals surface area contributed by atoms with Gasteiger partial charge in [-0.05, 0) is 99.2 Å².